The molecule has 2 aromatic carbocycles. The van der Waals surface area contributed by atoms with E-state index in [1.54, 1.807) is 6.92 Å². The number of hydrogen-bond donors (Lipinski definition) is 0. The molecule has 3 nitrogen and oxygen atoms in total. The summed E-state index contributed by atoms with van der Waals surface area (Å²) in [7, 11) is 0. The van der Waals surface area contributed by atoms with Gasteiger partial charge < -0.3 is 0 Å². The van der Waals surface area contributed by atoms with Gasteiger partial charge in [0, 0.05) is 37.1 Å². The number of hydrogen-bond acceptors (Lipinski definition) is 3. The summed E-state index contributed by atoms with van der Waals surface area (Å²) < 4.78 is 0. The van der Waals surface area contributed by atoms with Gasteiger partial charge in [-0.2, -0.15) is 0 Å². The van der Waals surface area contributed by atoms with Crippen LogP contribution in [0.25, 0.3) is 6.08 Å². The predicted molar refractivity (Wildman–Crippen MR) is 119 cm³/mol. The fraction of sp³-hybridized carbons (Fsp3) is 0.375. The zero-order valence-electron chi connectivity index (χ0n) is 17.2. The van der Waals surface area contributed by atoms with Gasteiger partial charge in [-0.15, -0.1) is 0 Å². The molecule has 0 aromatic heterocycles. The Bertz CT molecular complexity index is 773. The molecule has 1 fully saturated rings. The van der Waals surface area contributed by atoms with Crippen LogP contribution in [-0.4, -0.2) is 35.3 Å². The third-order valence-electron chi connectivity index (χ3n) is 4.91. The molecule has 1 aliphatic rings. The van der Waals surface area contributed by atoms with Crippen LogP contribution in [0.3, 0.4) is 0 Å². The number of Topliss-reactive ketones (excluding diaryl/α,β-unsaturated/α-hetero) is 1. The van der Waals surface area contributed by atoms with Crippen molar-refractivity contribution in [3.8, 4) is 0 Å². The number of rotatable bonds is 6. The van der Waals surface area contributed by atoms with Gasteiger partial charge in [0.15, 0.2) is 0 Å². The fourth-order valence-electron chi connectivity index (χ4n) is 2.96. The maximum Gasteiger partial charge on any atom is 0.132 e. The lowest BCUT2D eigenvalue weighted by atomic mass is 10.1. The van der Waals surface area contributed by atoms with Crippen molar-refractivity contribution in [3.63, 3.8) is 0 Å². The van der Waals surface area contributed by atoms with Crippen LogP contribution in [0.5, 0.6) is 0 Å². The van der Waals surface area contributed by atoms with E-state index < -0.39 is 0 Å². The van der Waals surface area contributed by atoms with Gasteiger partial charge in [0.2, 0.25) is 0 Å². The molecule has 1 saturated heterocycles. The van der Waals surface area contributed by atoms with E-state index in [0.717, 1.165) is 37.9 Å². The normalized spacial score (nSPS) is 14.6. The lowest BCUT2D eigenvalue weighted by molar-refractivity contribution is -0.119. The summed E-state index contributed by atoms with van der Waals surface area (Å²) in [5, 5.41) is 0.793. The molecule has 0 bridgehead atoms. The van der Waals surface area contributed by atoms with Crippen molar-refractivity contribution in [2.24, 2.45) is 5.92 Å². The first-order valence-corrected chi connectivity index (χ1v) is 10.2. The molecule has 0 radical (unpaired) electrons. The Kier molecular flexibility index (Phi) is 8.91. The highest BCUT2D eigenvalue weighted by atomic mass is 35.5. The minimum atomic E-state index is 0.213. The molecule has 0 N–H and O–H groups in total. The molecular weight excluding hydrogens is 368 g/mol. The van der Waals surface area contributed by atoms with Gasteiger partial charge in [-0.25, -0.2) is 0 Å². The first kappa shape index (κ1) is 22.4. The molecule has 0 aliphatic carbocycles. The van der Waals surface area contributed by atoms with Gasteiger partial charge >= 0.3 is 0 Å². The second kappa shape index (κ2) is 11.2. The summed E-state index contributed by atoms with van der Waals surface area (Å²) in [5.74, 6) is 0.472. The Morgan fingerprint density at radius 3 is 2.29 bits per heavy atom. The van der Waals surface area contributed by atoms with Crippen LogP contribution in [-0.2, 0) is 17.9 Å². The minimum absolute atomic E-state index is 0.213. The van der Waals surface area contributed by atoms with Crippen molar-refractivity contribution in [2.45, 2.75) is 33.9 Å². The second-order valence-corrected chi connectivity index (χ2v) is 7.98. The molecule has 28 heavy (non-hydrogen) atoms. The smallest absolute Gasteiger partial charge is 0.132 e. The monoisotopic (exact) mass is 398 g/mol. The summed E-state index contributed by atoms with van der Waals surface area (Å²) in [6.07, 6.45) is 1.91. The van der Waals surface area contributed by atoms with E-state index in [0.29, 0.717) is 0 Å². The summed E-state index contributed by atoms with van der Waals surface area (Å²) in [4.78, 5) is 15.1. The molecule has 1 heterocycles. The van der Waals surface area contributed by atoms with Crippen molar-refractivity contribution < 1.29 is 4.79 Å². The van der Waals surface area contributed by atoms with Crippen molar-refractivity contribution in [3.05, 3.63) is 76.8 Å². The summed E-state index contributed by atoms with van der Waals surface area (Å²) in [5.41, 5.74) is 3.80. The van der Waals surface area contributed by atoms with Gasteiger partial charge in [-0.05, 0) is 35.7 Å². The third kappa shape index (κ3) is 7.23. The Morgan fingerprint density at radius 2 is 1.71 bits per heavy atom. The van der Waals surface area contributed by atoms with Crippen LogP contribution in [0.4, 0.5) is 0 Å². The van der Waals surface area contributed by atoms with Gasteiger partial charge in [-0.1, -0.05) is 74.5 Å². The van der Waals surface area contributed by atoms with Crippen molar-refractivity contribution >= 4 is 23.5 Å². The molecule has 3 rings (SSSR count). The molecule has 0 saturated carbocycles. The summed E-state index contributed by atoms with van der Waals surface area (Å²) in [6.45, 7) is 14.4. The fourth-order valence-corrected chi connectivity index (χ4v) is 3.15. The largest absolute Gasteiger partial charge is 0.300 e. The average molecular weight is 399 g/mol. The quantitative estimate of drug-likeness (QED) is 0.642. The average Bonchev–Trinajstić information content (AvgIpc) is 3.10. The van der Waals surface area contributed by atoms with E-state index >= 15 is 0 Å². The Hall–Kier alpha value is -1.94. The molecule has 150 valence electrons. The van der Waals surface area contributed by atoms with E-state index in [1.807, 2.05) is 32.1 Å². The molecule has 0 atom stereocenters. The van der Waals surface area contributed by atoms with Crippen LogP contribution in [0.15, 0.2) is 55.1 Å². The third-order valence-corrected chi connectivity index (χ3v) is 5.15. The maximum atomic E-state index is 10.1. The Morgan fingerprint density at radius 1 is 1.11 bits per heavy atom. The second-order valence-electron chi connectivity index (χ2n) is 7.54. The minimum Gasteiger partial charge on any atom is -0.300 e. The molecular formula is C24H31ClN2O. The molecule has 0 spiro atoms. The van der Waals surface area contributed by atoms with Crippen LogP contribution < -0.4 is 0 Å². The summed E-state index contributed by atoms with van der Waals surface area (Å²) in [6, 6.07) is 16.7. The van der Waals surface area contributed by atoms with E-state index in [-0.39, 0.29) is 11.7 Å². The van der Waals surface area contributed by atoms with Gasteiger partial charge in [0.1, 0.15) is 5.78 Å². The summed E-state index contributed by atoms with van der Waals surface area (Å²) >= 11 is 6.13. The number of carbonyl (C=O) groups is 1. The van der Waals surface area contributed by atoms with Crippen molar-refractivity contribution in [2.75, 3.05) is 19.8 Å². The molecule has 1 aliphatic heterocycles. The van der Waals surface area contributed by atoms with Crippen molar-refractivity contribution in [1.82, 2.24) is 9.80 Å². The predicted octanol–water partition coefficient (Wildman–Crippen LogP) is 5.49. The number of carbonyl (C=O) groups excluding carboxylic acids is 1. The molecule has 4 heteroatoms. The highest BCUT2D eigenvalue weighted by molar-refractivity contribution is 6.30. The number of ketones is 1. The van der Waals surface area contributed by atoms with E-state index in [4.69, 9.17) is 11.6 Å². The van der Waals surface area contributed by atoms with Gasteiger partial charge in [-0.3, -0.25) is 14.6 Å². The molecule has 0 unspecified atom stereocenters. The van der Waals surface area contributed by atoms with E-state index in [2.05, 4.69) is 52.8 Å². The zero-order chi connectivity index (χ0) is 20.5. The van der Waals surface area contributed by atoms with Crippen LogP contribution >= 0.6 is 11.6 Å². The number of halogens is 1. The topological polar surface area (TPSA) is 23.6 Å². The first-order chi connectivity index (χ1) is 13.4. The van der Waals surface area contributed by atoms with Crippen LogP contribution in [0.1, 0.15) is 37.5 Å². The van der Waals surface area contributed by atoms with Crippen LogP contribution in [0.2, 0.25) is 5.02 Å². The first-order valence-electron chi connectivity index (χ1n) is 9.79. The lowest BCUT2D eigenvalue weighted by Crippen LogP contribution is -2.25. The SMILES string of the molecule is C=Cc1ccc(Cl)cc1CN1CCN(Cc2ccccc2)C1.CC(=O)C(C)C. The van der Waals surface area contributed by atoms with Crippen molar-refractivity contribution in [1.29, 1.82) is 0 Å². The highest BCUT2D eigenvalue weighted by Crippen LogP contribution is 2.21. The standard InChI is InChI=1S/C19H21ClN2.C5H10O/c1-2-17-8-9-19(20)12-18(17)14-22-11-10-21(15-22)13-16-6-4-3-5-7-16;1-4(2)5(3)6/h2-9,12H,1,10-11,13-15H2;4H,1-3H3. The van der Waals surface area contributed by atoms with Gasteiger partial charge in [0.05, 0.1) is 6.67 Å². The highest BCUT2D eigenvalue weighted by Gasteiger charge is 2.20. The van der Waals surface area contributed by atoms with Gasteiger partial charge in [0.25, 0.3) is 0 Å². The molecule has 0 amide bonds. The number of nitrogens with zero attached hydrogens (tertiary/aromatic N) is 2. The Balaban J connectivity index is 0.000000409. The number of benzene rings is 2. The molecule has 2 aromatic rings. The van der Waals surface area contributed by atoms with Crippen LogP contribution in [0, 0.1) is 5.92 Å². The van der Waals surface area contributed by atoms with E-state index in [9.17, 15) is 4.79 Å². The zero-order valence-corrected chi connectivity index (χ0v) is 18.0. The van der Waals surface area contributed by atoms with E-state index in [1.165, 1.54) is 16.7 Å². The Labute approximate surface area is 174 Å². The lowest BCUT2D eigenvalue weighted by Gasteiger charge is -2.19. The maximum absolute atomic E-state index is 10.1.